The van der Waals surface area contributed by atoms with Crippen LogP contribution >= 0.6 is 0 Å². The Kier molecular flexibility index (Phi) is 5.44. The van der Waals surface area contributed by atoms with Gasteiger partial charge >= 0.3 is 12.0 Å². The van der Waals surface area contributed by atoms with Gasteiger partial charge in [-0.1, -0.05) is 24.3 Å². The van der Waals surface area contributed by atoms with Crippen LogP contribution < -0.4 is 10.2 Å². The number of hydrogen-bond acceptors (Lipinski definition) is 3. The minimum Gasteiger partial charge on any atom is -0.478 e. The molecule has 2 saturated heterocycles. The maximum atomic E-state index is 13.1. The number of carboxylic acids is 1. The number of likely N-dealkylation sites (tertiary alicyclic amines) is 1. The SMILES string of the molecule is Cc1ccc(C(=O)N2CCC(Cc3ccccc3C(=O)O)C2)cc1N1CCNC1=O. The van der Waals surface area contributed by atoms with Crippen LogP contribution in [0.3, 0.4) is 0 Å². The molecule has 7 nitrogen and oxygen atoms in total. The van der Waals surface area contributed by atoms with Gasteiger partial charge in [0.15, 0.2) is 0 Å². The van der Waals surface area contributed by atoms with Crippen LogP contribution in [0.4, 0.5) is 10.5 Å². The number of nitrogens with zero attached hydrogens (tertiary/aromatic N) is 2. The fourth-order valence-electron chi connectivity index (χ4n) is 4.32. The summed E-state index contributed by atoms with van der Waals surface area (Å²) in [6.07, 6.45) is 1.48. The van der Waals surface area contributed by atoms with Crippen LogP contribution in [0.15, 0.2) is 42.5 Å². The second kappa shape index (κ2) is 8.18. The van der Waals surface area contributed by atoms with Gasteiger partial charge < -0.3 is 15.3 Å². The summed E-state index contributed by atoms with van der Waals surface area (Å²) in [7, 11) is 0. The van der Waals surface area contributed by atoms with Gasteiger partial charge in [-0.15, -0.1) is 0 Å². The molecule has 1 atom stereocenters. The van der Waals surface area contributed by atoms with E-state index in [0.717, 1.165) is 23.2 Å². The number of benzene rings is 2. The number of urea groups is 1. The van der Waals surface area contributed by atoms with Crippen molar-refractivity contribution in [1.82, 2.24) is 10.2 Å². The quantitative estimate of drug-likeness (QED) is 0.797. The lowest BCUT2D eigenvalue weighted by atomic mass is 9.95. The highest BCUT2D eigenvalue weighted by Crippen LogP contribution is 2.27. The number of hydrogen-bond donors (Lipinski definition) is 2. The Labute approximate surface area is 175 Å². The number of anilines is 1. The number of carbonyl (C=O) groups excluding carboxylic acids is 2. The maximum absolute atomic E-state index is 13.1. The van der Waals surface area contributed by atoms with Gasteiger partial charge in [-0.3, -0.25) is 9.69 Å². The molecule has 2 heterocycles. The van der Waals surface area contributed by atoms with Crippen molar-refractivity contribution in [3.05, 3.63) is 64.7 Å². The Morgan fingerprint density at radius 3 is 2.70 bits per heavy atom. The van der Waals surface area contributed by atoms with Gasteiger partial charge in [-0.2, -0.15) is 0 Å². The molecule has 0 radical (unpaired) electrons. The number of amides is 3. The summed E-state index contributed by atoms with van der Waals surface area (Å²) in [5.74, 6) is -0.747. The van der Waals surface area contributed by atoms with Crippen molar-refractivity contribution in [3.63, 3.8) is 0 Å². The van der Waals surface area contributed by atoms with Gasteiger partial charge in [-0.25, -0.2) is 9.59 Å². The van der Waals surface area contributed by atoms with Crippen molar-refractivity contribution in [2.75, 3.05) is 31.1 Å². The molecule has 0 saturated carbocycles. The average molecular weight is 407 g/mol. The molecule has 7 heteroatoms. The van der Waals surface area contributed by atoms with Crippen LogP contribution in [0.1, 0.15) is 38.3 Å². The summed E-state index contributed by atoms with van der Waals surface area (Å²) in [4.78, 5) is 40.1. The highest BCUT2D eigenvalue weighted by atomic mass is 16.4. The van der Waals surface area contributed by atoms with E-state index in [1.807, 2.05) is 36.1 Å². The lowest BCUT2D eigenvalue weighted by Crippen LogP contribution is -2.31. The summed E-state index contributed by atoms with van der Waals surface area (Å²) < 4.78 is 0. The van der Waals surface area contributed by atoms with E-state index >= 15 is 0 Å². The van der Waals surface area contributed by atoms with Crippen molar-refractivity contribution >= 4 is 23.6 Å². The molecule has 1 unspecified atom stereocenters. The first-order valence-electron chi connectivity index (χ1n) is 10.2. The Balaban J connectivity index is 1.47. The molecule has 0 bridgehead atoms. The zero-order valence-electron chi connectivity index (χ0n) is 16.9. The normalized spacial score (nSPS) is 18.6. The Hall–Kier alpha value is -3.35. The van der Waals surface area contributed by atoms with E-state index < -0.39 is 5.97 Å². The number of carboxylic acid groups (broad SMARTS) is 1. The molecule has 2 aromatic carbocycles. The third-order valence-corrected chi connectivity index (χ3v) is 5.93. The molecule has 2 aromatic rings. The summed E-state index contributed by atoms with van der Waals surface area (Å²) in [6.45, 7) is 4.36. The van der Waals surface area contributed by atoms with Crippen LogP contribution in [-0.4, -0.2) is 54.1 Å². The molecule has 2 N–H and O–H groups in total. The first-order chi connectivity index (χ1) is 14.4. The second-order valence-corrected chi connectivity index (χ2v) is 7.96. The summed E-state index contributed by atoms with van der Waals surface area (Å²) in [6, 6.07) is 12.4. The average Bonchev–Trinajstić information content (AvgIpc) is 3.37. The molecular formula is C23H25N3O4. The molecule has 0 spiro atoms. The molecule has 0 aliphatic carbocycles. The van der Waals surface area contributed by atoms with E-state index in [-0.39, 0.29) is 17.9 Å². The third-order valence-electron chi connectivity index (χ3n) is 5.93. The molecule has 4 rings (SSSR count). The van der Waals surface area contributed by atoms with E-state index in [1.54, 1.807) is 23.1 Å². The van der Waals surface area contributed by atoms with Gasteiger partial charge in [0.25, 0.3) is 5.91 Å². The van der Waals surface area contributed by atoms with Crippen molar-refractivity contribution in [2.45, 2.75) is 19.8 Å². The Bertz CT molecular complexity index is 1000. The van der Waals surface area contributed by atoms with Crippen LogP contribution in [0, 0.1) is 12.8 Å². The third kappa shape index (κ3) is 3.87. The standard InChI is InChI=1S/C23H25N3O4/c1-15-6-7-18(13-20(15)26-11-9-24-23(26)30)21(27)25-10-8-16(14-25)12-17-4-2-3-5-19(17)22(28)29/h2-7,13,16H,8-12,14H2,1H3,(H,24,30)(H,28,29). The van der Waals surface area contributed by atoms with Gasteiger partial charge in [0.1, 0.15) is 0 Å². The van der Waals surface area contributed by atoms with E-state index in [4.69, 9.17) is 0 Å². The van der Waals surface area contributed by atoms with Gasteiger partial charge in [0, 0.05) is 37.4 Å². The highest BCUT2D eigenvalue weighted by Gasteiger charge is 2.29. The summed E-state index contributed by atoms with van der Waals surface area (Å²) in [5.41, 5.74) is 3.42. The molecular weight excluding hydrogens is 382 g/mol. The maximum Gasteiger partial charge on any atom is 0.335 e. The molecule has 0 aromatic heterocycles. The highest BCUT2D eigenvalue weighted by molar-refractivity contribution is 5.99. The van der Waals surface area contributed by atoms with Crippen LogP contribution in [0.25, 0.3) is 0 Å². The Morgan fingerprint density at radius 2 is 1.97 bits per heavy atom. The molecule has 2 fully saturated rings. The van der Waals surface area contributed by atoms with Crippen LogP contribution in [0.5, 0.6) is 0 Å². The van der Waals surface area contributed by atoms with Crippen molar-refractivity contribution < 1.29 is 19.5 Å². The zero-order chi connectivity index (χ0) is 21.3. The first kappa shape index (κ1) is 19.9. The molecule has 2 aliphatic rings. The van der Waals surface area contributed by atoms with Gasteiger partial charge in [0.2, 0.25) is 0 Å². The van der Waals surface area contributed by atoms with E-state index in [2.05, 4.69) is 5.32 Å². The number of aryl methyl sites for hydroxylation is 1. The predicted octanol–water partition coefficient (Wildman–Crippen LogP) is 2.93. The smallest absolute Gasteiger partial charge is 0.335 e. The van der Waals surface area contributed by atoms with Crippen molar-refractivity contribution in [2.24, 2.45) is 5.92 Å². The summed E-state index contributed by atoms with van der Waals surface area (Å²) >= 11 is 0. The number of aromatic carboxylic acids is 1. The minimum atomic E-state index is -0.922. The van der Waals surface area contributed by atoms with E-state index in [9.17, 15) is 19.5 Å². The molecule has 156 valence electrons. The molecule has 2 aliphatic heterocycles. The van der Waals surface area contributed by atoms with Gasteiger partial charge in [-0.05, 0) is 55.0 Å². The Morgan fingerprint density at radius 1 is 1.17 bits per heavy atom. The topological polar surface area (TPSA) is 89.9 Å². The molecule has 3 amide bonds. The van der Waals surface area contributed by atoms with Gasteiger partial charge in [0.05, 0.1) is 5.56 Å². The van der Waals surface area contributed by atoms with E-state index in [0.29, 0.717) is 43.7 Å². The largest absolute Gasteiger partial charge is 0.478 e. The minimum absolute atomic E-state index is 0.0510. The number of rotatable bonds is 5. The van der Waals surface area contributed by atoms with Crippen LogP contribution in [0.2, 0.25) is 0 Å². The first-order valence-corrected chi connectivity index (χ1v) is 10.2. The number of nitrogens with one attached hydrogen (secondary N) is 1. The fourth-order valence-corrected chi connectivity index (χ4v) is 4.32. The lowest BCUT2D eigenvalue weighted by molar-refractivity contribution is 0.0694. The monoisotopic (exact) mass is 407 g/mol. The van der Waals surface area contributed by atoms with Crippen molar-refractivity contribution in [1.29, 1.82) is 0 Å². The summed E-state index contributed by atoms with van der Waals surface area (Å²) in [5, 5.41) is 12.2. The zero-order valence-corrected chi connectivity index (χ0v) is 16.9. The fraction of sp³-hybridized carbons (Fsp3) is 0.348. The van der Waals surface area contributed by atoms with Crippen molar-refractivity contribution in [3.8, 4) is 0 Å². The van der Waals surface area contributed by atoms with E-state index in [1.165, 1.54) is 0 Å². The molecule has 30 heavy (non-hydrogen) atoms. The second-order valence-electron chi connectivity index (χ2n) is 7.96. The van der Waals surface area contributed by atoms with Crippen LogP contribution in [-0.2, 0) is 6.42 Å². The lowest BCUT2D eigenvalue weighted by Gasteiger charge is -2.21. The number of carbonyl (C=O) groups is 3. The predicted molar refractivity (Wildman–Crippen MR) is 113 cm³/mol.